The van der Waals surface area contributed by atoms with Crippen molar-refractivity contribution >= 4 is 11.7 Å². The monoisotopic (exact) mass is 264 g/mol. The topological polar surface area (TPSA) is 53.0 Å². The molecule has 0 amide bonds. The molecular weight excluding hydrogens is 244 g/mol. The van der Waals surface area contributed by atoms with Gasteiger partial charge in [-0.2, -0.15) is 0 Å². The molecule has 2 rings (SSSR count). The van der Waals surface area contributed by atoms with E-state index < -0.39 is 5.97 Å². The molecule has 1 heterocycles. The molecule has 1 aliphatic rings. The highest BCUT2D eigenvalue weighted by molar-refractivity contribution is 5.88. The van der Waals surface area contributed by atoms with Crippen LogP contribution in [0.5, 0.6) is 0 Å². The lowest BCUT2D eigenvalue weighted by Gasteiger charge is -2.36. The maximum Gasteiger partial charge on any atom is 0.335 e. The minimum atomic E-state index is -0.879. The molecule has 0 bridgehead atoms. The average molecular weight is 264 g/mol. The van der Waals surface area contributed by atoms with E-state index in [1.54, 1.807) is 19.2 Å². The zero-order valence-corrected chi connectivity index (χ0v) is 11.2. The Kier molecular flexibility index (Phi) is 4.76. The van der Waals surface area contributed by atoms with E-state index in [2.05, 4.69) is 9.80 Å². The number of rotatable bonds is 5. The Labute approximate surface area is 113 Å². The largest absolute Gasteiger partial charge is 0.478 e. The van der Waals surface area contributed by atoms with E-state index in [9.17, 15) is 4.79 Å². The minimum absolute atomic E-state index is 0.336. The van der Waals surface area contributed by atoms with E-state index in [-0.39, 0.29) is 0 Å². The number of carbonyl (C=O) groups is 1. The highest BCUT2D eigenvalue weighted by atomic mass is 16.5. The first kappa shape index (κ1) is 13.8. The Balaban J connectivity index is 1.88. The van der Waals surface area contributed by atoms with Gasteiger partial charge in [-0.25, -0.2) is 4.79 Å². The van der Waals surface area contributed by atoms with E-state index in [1.807, 2.05) is 12.1 Å². The molecule has 19 heavy (non-hydrogen) atoms. The molecular formula is C14H20N2O3. The number of aromatic carboxylic acids is 1. The molecule has 0 atom stereocenters. The highest BCUT2D eigenvalue weighted by Crippen LogP contribution is 2.17. The van der Waals surface area contributed by atoms with Gasteiger partial charge in [0, 0.05) is 45.5 Å². The van der Waals surface area contributed by atoms with E-state index in [0.29, 0.717) is 5.56 Å². The number of hydrogen-bond acceptors (Lipinski definition) is 4. The number of carboxylic acid groups (broad SMARTS) is 1. The predicted molar refractivity (Wildman–Crippen MR) is 73.9 cm³/mol. The molecule has 1 fully saturated rings. The summed E-state index contributed by atoms with van der Waals surface area (Å²) in [5.74, 6) is -0.879. The van der Waals surface area contributed by atoms with Crippen molar-refractivity contribution in [1.29, 1.82) is 0 Å². The van der Waals surface area contributed by atoms with Crippen LogP contribution in [0.4, 0.5) is 5.69 Å². The summed E-state index contributed by atoms with van der Waals surface area (Å²) in [7, 11) is 1.72. The summed E-state index contributed by atoms with van der Waals surface area (Å²) in [6.45, 7) is 5.72. The second-order valence-corrected chi connectivity index (χ2v) is 4.67. The van der Waals surface area contributed by atoms with Crippen LogP contribution in [0.3, 0.4) is 0 Å². The number of methoxy groups -OCH3 is 1. The molecule has 5 heteroatoms. The van der Waals surface area contributed by atoms with Gasteiger partial charge in [-0.15, -0.1) is 0 Å². The van der Waals surface area contributed by atoms with Crippen LogP contribution in [0.1, 0.15) is 10.4 Å². The number of anilines is 1. The molecule has 0 radical (unpaired) electrons. The Morgan fingerprint density at radius 3 is 2.37 bits per heavy atom. The first-order valence-corrected chi connectivity index (χ1v) is 6.50. The van der Waals surface area contributed by atoms with E-state index in [4.69, 9.17) is 9.84 Å². The van der Waals surface area contributed by atoms with Crippen molar-refractivity contribution in [1.82, 2.24) is 4.90 Å². The van der Waals surface area contributed by atoms with Gasteiger partial charge in [0.2, 0.25) is 0 Å². The number of benzene rings is 1. The predicted octanol–water partition coefficient (Wildman–Crippen LogP) is 1.15. The molecule has 5 nitrogen and oxygen atoms in total. The van der Waals surface area contributed by atoms with Crippen molar-refractivity contribution in [2.24, 2.45) is 0 Å². The Morgan fingerprint density at radius 2 is 1.84 bits per heavy atom. The van der Waals surface area contributed by atoms with Crippen molar-refractivity contribution in [3.63, 3.8) is 0 Å². The average Bonchev–Trinajstić information content (AvgIpc) is 2.46. The summed E-state index contributed by atoms with van der Waals surface area (Å²) in [6, 6.07) is 7.09. The summed E-state index contributed by atoms with van der Waals surface area (Å²) in [4.78, 5) is 15.5. The lowest BCUT2D eigenvalue weighted by Crippen LogP contribution is -2.47. The van der Waals surface area contributed by atoms with Gasteiger partial charge < -0.3 is 14.7 Å². The zero-order chi connectivity index (χ0) is 13.7. The first-order valence-electron chi connectivity index (χ1n) is 6.50. The van der Waals surface area contributed by atoms with Gasteiger partial charge >= 0.3 is 5.97 Å². The fourth-order valence-electron chi connectivity index (χ4n) is 2.26. The lowest BCUT2D eigenvalue weighted by molar-refractivity contribution is 0.0697. The third-order valence-electron chi connectivity index (χ3n) is 3.46. The minimum Gasteiger partial charge on any atom is -0.478 e. The molecule has 1 aromatic carbocycles. The van der Waals surface area contributed by atoms with E-state index >= 15 is 0 Å². The summed E-state index contributed by atoms with van der Waals surface area (Å²) in [6.07, 6.45) is 0. The Bertz CT molecular complexity index is 411. The van der Waals surface area contributed by atoms with Crippen LogP contribution >= 0.6 is 0 Å². The maximum absolute atomic E-state index is 10.8. The molecule has 0 spiro atoms. The van der Waals surface area contributed by atoms with Gasteiger partial charge in [0.25, 0.3) is 0 Å². The summed E-state index contributed by atoms with van der Waals surface area (Å²) in [5.41, 5.74) is 1.43. The molecule has 0 unspecified atom stereocenters. The van der Waals surface area contributed by atoms with Crippen molar-refractivity contribution in [3.05, 3.63) is 29.8 Å². The van der Waals surface area contributed by atoms with Gasteiger partial charge in [0.1, 0.15) is 0 Å². The summed E-state index contributed by atoms with van der Waals surface area (Å²) in [5, 5.41) is 8.87. The van der Waals surface area contributed by atoms with Gasteiger partial charge in [0.05, 0.1) is 12.2 Å². The fourth-order valence-corrected chi connectivity index (χ4v) is 2.26. The second-order valence-electron chi connectivity index (χ2n) is 4.67. The summed E-state index contributed by atoms with van der Waals surface area (Å²) >= 11 is 0. The molecule has 0 aliphatic carbocycles. The standard InChI is InChI=1S/C14H20N2O3/c1-19-11-10-15-6-8-16(9-7-15)13-4-2-12(3-5-13)14(17)18/h2-5H,6-11H2,1H3,(H,17,18). The zero-order valence-electron chi connectivity index (χ0n) is 11.2. The normalized spacial score (nSPS) is 16.6. The third kappa shape index (κ3) is 3.68. The van der Waals surface area contributed by atoms with Gasteiger partial charge in [-0.3, -0.25) is 4.90 Å². The van der Waals surface area contributed by atoms with Crippen LogP contribution in [0.25, 0.3) is 0 Å². The second kappa shape index (κ2) is 6.54. The lowest BCUT2D eigenvalue weighted by atomic mass is 10.2. The summed E-state index contributed by atoms with van der Waals surface area (Å²) < 4.78 is 5.08. The van der Waals surface area contributed by atoms with E-state index in [0.717, 1.165) is 45.0 Å². The number of carboxylic acids is 1. The number of piperazine rings is 1. The van der Waals surface area contributed by atoms with Crippen LogP contribution in [0, 0.1) is 0 Å². The maximum atomic E-state index is 10.8. The number of nitrogens with zero attached hydrogens (tertiary/aromatic N) is 2. The van der Waals surface area contributed by atoms with Gasteiger partial charge in [-0.1, -0.05) is 0 Å². The molecule has 1 aliphatic heterocycles. The molecule has 0 aromatic heterocycles. The molecule has 1 N–H and O–H groups in total. The third-order valence-corrected chi connectivity index (χ3v) is 3.46. The Morgan fingerprint density at radius 1 is 1.21 bits per heavy atom. The molecule has 0 saturated carbocycles. The van der Waals surface area contributed by atoms with E-state index in [1.165, 1.54) is 0 Å². The van der Waals surface area contributed by atoms with Crippen LogP contribution < -0.4 is 4.90 Å². The molecule has 1 aromatic rings. The first-order chi connectivity index (χ1) is 9.20. The van der Waals surface area contributed by atoms with Gasteiger partial charge in [-0.05, 0) is 24.3 Å². The molecule has 1 saturated heterocycles. The van der Waals surface area contributed by atoms with Crippen molar-refractivity contribution in [3.8, 4) is 0 Å². The number of ether oxygens (including phenoxy) is 1. The Hall–Kier alpha value is -1.59. The number of hydrogen-bond donors (Lipinski definition) is 1. The van der Waals surface area contributed by atoms with Crippen LogP contribution in [-0.2, 0) is 4.74 Å². The molecule has 104 valence electrons. The fraction of sp³-hybridized carbons (Fsp3) is 0.500. The van der Waals surface area contributed by atoms with Crippen molar-refractivity contribution < 1.29 is 14.6 Å². The quantitative estimate of drug-likeness (QED) is 0.864. The van der Waals surface area contributed by atoms with Crippen LogP contribution in [0.2, 0.25) is 0 Å². The van der Waals surface area contributed by atoms with Crippen molar-refractivity contribution in [2.45, 2.75) is 0 Å². The SMILES string of the molecule is COCCN1CCN(c2ccc(C(=O)O)cc2)CC1. The van der Waals surface area contributed by atoms with Crippen LogP contribution in [-0.4, -0.2) is 62.4 Å². The highest BCUT2D eigenvalue weighted by Gasteiger charge is 2.16. The smallest absolute Gasteiger partial charge is 0.335 e. The van der Waals surface area contributed by atoms with Gasteiger partial charge in [0.15, 0.2) is 0 Å². The van der Waals surface area contributed by atoms with Crippen LogP contribution in [0.15, 0.2) is 24.3 Å². The van der Waals surface area contributed by atoms with Crippen molar-refractivity contribution in [2.75, 3.05) is 51.3 Å².